The molecular weight excluding hydrogens is 381 g/mol. The Balaban J connectivity index is 0.00000225. The van der Waals surface area contributed by atoms with E-state index in [4.69, 9.17) is 14.2 Å². The number of rotatable bonds is 7. The second-order valence-electron chi connectivity index (χ2n) is 6.32. The summed E-state index contributed by atoms with van der Waals surface area (Å²) in [5, 5.41) is 3.41. The van der Waals surface area contributed by atoms with E-state index in [1.165, 1.54) is 6.07 Å². The molecule has 1 aliphatic heterocycles. The van der Waals surface area contributed by atoms with Crippen molar-refractivity contribution in [1.82, 2.24) is 5.32 Å². The van der Waals surface area contributed by atoms with Crippen LogP contribution in [0.5, 0.6) is 17.2 Å². The molecule has 6 heteroatoms. The molecule has 1 heterocycles. The average Bonchev–Trinajstić information content (AvgIpc) is 3.16. The van der Waals surface area contributed by atoms with Crippen molar-refractivity contribution in [3.63, 3.8) is 0 Å². The van der Waals surface area contributed by atoms with Crippen LogP contribution in [-0.2, 0) is 19.7 Å². The molecule has 0 aromatic heterocycles. The highest BCUT2D eigenvalue weighted by atomic mass is 35.5. The summed E-state index contributed by atoms with van der Waals surface area (Å²) in [6, 6.07) is 20.4. The molecule has 0 aliphatic carbocycles. The molecule has 1 aliphatic rings. The highest BCUT2D eigenvalue weighted by molar-refractivity contribution is 5.85. The van der Waals surface area contributed by atoms with E-state index in [1.54, 1.807) is 18.2 Å². The van der Waals surface area contributed by atoms with Gasteiger partial charge < -0.3 is 19.5 Å². The third kappa shape index (κ3) is 4.94. The molecule has 0 amide bonds. The molecule has 0 unspecified atom stereocenters. The normalized spacial score (nSPS) is 11.8. The maximum atomic E-state index is 13.7. The van der Waals surface area contributed by atoms with Gasteiger partial charge in [-0.15, -0.1) is 12.4 Å². The van der Waals surface area contributed by atoms with E-state index < -0.39 is 0 Å². The second kappa shape index (κ2) is 9.44. The van der Waals surface area contributed by atoms with Crippen molar-refractivity contribution in [1.29, 1.82) is 0 Å². The standard InChI is InChI=1S/C22H20FNO3.ClH/c23-20-7-2-1-5-18(20)14-25-19-6-3-4-16(10-19)12-24-13-17-8-9-21-22(11-17)27-15-26-21;/h1-11,24H,12-15H2;1H. The number of ether oxygens (including phenoxy) is 3. The van der Waals surface area contributed by atoms with E-state index in [-0.39, 0.29) is 31.6 Å². The zero-order chi connectivity index (χ0) is 18.5. The molecular formula is C22H21ClFNO3. The van der Waals surface area contributed by atoms with Gasteiger partial charge in [0, 0.05) is 18.7 Å². The van der Waals surface area contributed by atoms with Crippen LogP contribution in [0.15, 0.2) is 66.7 Å². The van der Waals surface area contributed by atoms with E-state index in [2.05, 4.69) is 5.32 Å². The molecule has 0 spiro atoms. The summed E-state index contributed by atoms with van der Waals surface area (Å²) < 4.78 is 30.1. The van der Waals surface area contributed by atoms with Crippen molar-refractivity contribution in [3.05, 3.63) is 89.2 Å². The minimum absolute atomic E-state index is 0. The molecule has 0 radical (unpaired) electrons. The van der Waals surface area contributed by atoms with Gasteiger partial charge in [0.2, 0.25) is 6.79 Å². The van der Waals surface area contributed by atoms with Crippen LogP contribution in [0.2, 0.25) is 0 Å². The van der Waals surface area contributed by atoms with Crippen LogP contribution in [-0.4, -0.2) is 6.79 Å². The van der Waals surface area contributed by atoms with Crippen LogP contribution in [0.4, 0.5) is 4.39 Å². The molecule has 0 fully saturated rings. The smallest absolute Gasteiger partial charge is 0.231 e. The van der Waals surface area contributed by atoms with Crippen LogP contribution >= 0.6 is 12.4 Å². The van der Waals surface area contributed by atoms with Gasteiger partial charge in [-0.05, 0) is 41.5 Å². The first-order valence-corrected chi connectivity index (χ1v) is 8.82. The van der Waals surface area contributed by atoms with Gasteiger partial charge in [-0.25, -0.2) is 4.39 Å². The predicted molar refractivity (Wildman–Crippen MR) is 108 cm³/mol. The highest BCUT2D eigenvalue weighted by Crippen LogP contribution is 2.32. The maximum absolute atomic E-state index is 13.7. The predicted octanol–water partition coefficient (Wildman–Crippen LogP) is 4.85. The molecule has 3 aromatic rings. The Morgan fingerprint density at radius 2 is 1.64 bits per heavy atom. The SMILES string of the molecule is Cl.Fc1ccccc1COc1cccc(CNCc2ccc3c(c2)OCO3)c1. The Morgan fingerprint density at radius 3 is 2.50 bits per heavy atom. The topological polar surface area (TPSA) is 39.7 Å². The lowest BCUT2D eigenvalue weighted by atomic mass is 10.2. The zero-order valence-electron chi connectivity index (χ0n) is 15.2. The molecule has 146 valence electrons. The number of benzene rings is 3. The fraction of sp³-hybridized carbons (Fsp3) is 0.182. The van der Waals surface area contributed by atoms with Crippen molar-refractivity contribution >= 4 is 12.4 Å². The lowest BCUT2D eigenvalue weighted by Crippen LogP contribution is -2.12. The van der Waals surface area contributed by atoms with Crippen molar-refractivity contribution in [2.45, 2.75) is 19.7 Å². The first-order valence-electron chi connectivity index (χ1n) is 8.82. The minimum atomic E-state index is -0.251. The summed E-state index contributed by atoms with van der Waals surface area (Å²) in [5.41, 5.74) is 2.77. The molecule has 0 saturated heterocycles. The number of hydrogen-bond acceptors (Lipinski definition) is 4. The number of fused-ring (bicyclic) bond motifs is 1. The van der Waals surface area contributed by atoms with Gasteiger partial charge in [0.1, 0.15) is 18.2 Å². The van der Waals surface area contributed by atoms with Crippen LogP contribution in [0, 0.1) is 5.82 Å². The summed E-state index contributed by atoms with van der Waals surface area (Å²) in [4.78, 5) is 0. The Morgan fingerprint density at radius 1 is 0.857 bits per heavy atom. The van der Waals surface area contributed by atoms with E-state index in [9.17, 15) is 4.39 Å². The quantitative estimate of drug-likeness (QED) is 0.614. The largest absolute Gasteiger partial charge is 0.489 e. The van der Waals surface area contributed by atoms with Gasteiger partial charge in [0.05, 0.1) is 0 Å². The fourth-order valence-electron chi connectivity index (χ4n) is 2.92. The van der Waals surface area contributed by atoms with Crippen LogP contribution in [0.25, 0.3) is 0 Å². The summed E-state index contributed by atoms with van der Waals surface area (Å²) in [6.45, 7) is 1.91. The van der Waals surface area contributed by atoms with Crippen molar-refractivity contribution < 1.29 is 18.6 Å². The van der Waals surface area contributed by atoms with Gasteiger partial charge >= 0.3 is 0 Å². The highest BCUT2D eigenvalue weighted by Gasteiger charge is 2.12. The number of halogens is 2. The van der Waals surface area contributed by atoms with Gasteiger partial charge in [0.25, 0.3) is 0 Å². The summed E-state index contributed by atoms with van der Waals surface area (Å²) >= 11 is 0. The van der Waals surface area contributed by atoms with Crippen molar-refractivity contribution in [3.8, 4) is 17.2 Å². The zero-order valence-corrected chi connectivity index (χ0v) is 16.0. The third-order valence-electron chi connectivity index (χ3n) is 4.35. The van der Waals surface area contributed by atoms with E-state index >= 15 is 0 Å². The van der Waals surface area contributed by atoms with Crippen molar-refractivity contribution in [2.24, 2.45) is 0 Å². The second-order valence-corrected chi connectivity index (χ2v) is 6.32. The van der Waals surface area contributed by atoms with Crippen LogP contribution in [0.3, 0.4) is 0 Å². The summed E-state index contributed by atoms with van der Waals surface area (Å²) in [7, 11) is 0. The molecule has 4 rings (SSSR count). The minimum Gasteiger partial charge on any atom is -0.489 e. The van der Waals surface area contributed by atoms with E-state index in [0.717, 1.165) is 34.9 Å². The molecule has 1 N–H and O–H groups in total. The Hall–Kier alpha value is -2.76. The molecule has 3 aromatic carbocycles. The molecule has 0 saturated carbocycles. The maximum Gasteiger partial charge on any atom is 0.231 e. The van der Waals surface area contributed by atoms with Gasteiger partial charge in [0.15, 0.2) is 11.5 Å². The van der Waals surface area contributed by atoms with Gasteiger partial charge in [-0.2, -0.15) is 0 Å². The first kappa shape index (κ1) is 20.0. The fourth-order valence-corrected chi connectivity index (χ4v) is 2.92. The van der Waals surface area contributed by atoms with Crippen molar-refractivity contribution in [2.75, 3.05) is 6.79 Å². The number of nitrogens with one attached hydrogen (secondary N) is 1. The molecule has 0 atom stereocenters. The monoisotopic (exact) mass is 401 g/mol. The summed E-state index contributed by atoms with van der Waals surface area (Å²) in [6.07, 6.45) is 0. The first-order chi connectivity index (χ1) is 13.3. The van der Waals surface area contributed by atoms with Gasteiger partial charge in [-0.1, -0.05) is 36.4 Å². The third-order valence-corrected chi connectivity index (χ3v) is 4.35. The van der Waals surface area contributed by atoms with Crippen LogP contribution in [0.1, 0.15) is 16.7 Å². The Labute approximate surface area is 169 Å². The molecule has 4 nitrogen and oxygen atoms in total. The number of hydrogen-bond donors (Lipinski definition) is 1. The lowest BCUT2D eigenvalue weighted by Gasteiger charge is -2.10. The van der Waals surface area contributed by atoms with E-state index in [0.29, 0.717) is 12.1 Å². The Bertz CT molecular complexity index is 935. The molecule has 28 heavy (non-hydrogen) atoms. The lowest BCUT2D eigenvalue weighted by molar-refractivity contribution is 0.174. The average molecular weight is 402 g/mol. The van der Waals surface area contributed by atoms with Gasteiger partial charge in [-0.3, -0.25) is 0 Å². The Kier molecular flexibility index (Phi) is 6.74. The summed E-state index contributed by atoms with van der Waals surface area (Å²) in [5.74, 6) is 2.05. The molecule has 0 bridgehead atoms. The van der Waals surface area contributed by atoms with E-state index in [1.807, 2.05) is 42.5 Å². The van der Waals surface area contributed by atoms with Crippen LogP contribution < -0.4 is 19.5 Å².